The predicted octanol–water partition coefficient (Wildman–Crippen LogP) is 3.68. The monoisotopic (exact) mass is 321 g/mol. The third-order valence-electron chi connectivity index (χ3n) is 2.38. The Morgan fingerprint density at radius 2 is 1.71 bits per heavy atom. The molecule has 0 amide bonds. The molecule has 0 saturated heterocycles. The lowest BCUT2D eigenvalue weighted by Gasteiger charge is -2.10. The molecule has 0 aliphatic heterocycles. The zero-order chi connectivity index (χ0) is 16.3. The van der Waals surface area contributed by atoms with Gasteiger partial charge in [-0.25, -0.2) is 0 Å². The van der Waals surface area contributed by atoms with Crippen molar-refractivity contribution in [3.8, 4) is 5.75 Å². The first kappa shape index (κ1) is 17.1. The summed E-state index contributed by atoms with van der Waals surface area (Å²) in [5, 5.41) is 1.08. The van der Waals surface area contributed by atoms with Gasteiger partial charge in [0.05, 0.1) is 0 Å². The Bertz CT molecular complexity index is 727. The van der Waals surface area contributed by atoms with Crippen LogP contribution in [0.1, 0.15) is 13.8 Å². The second kappa shape index (κ2) is 6.21. The molecule has 116 valence electrons. The molecule has 0 saturated carbocycles. The van der Waals surface area contributed by atoms with Gasteiger partial charge in [0.2, 0.25) is 0 Å². The first-order chi connectivity index (χ1) is 9.71. The van der Waals surface area contributed by atoms with E-state index in [1.54, 1.807) is 18.2 Å². The highest BCUT2D eigenvalue weighted by atomic mass is 32.2. The summed E-state index contributed by atoms with van der Waals surface area (Å²) in [6.45, 7) is 4.00. The number of rotatable bonds is 2. The number of nitrogens with two attached hydrogens (primary N) is 1. The van der Waals surface area contributed by atoms with E-state index in [2.05, 4.69) is 4.18 Å². The average Bonchev–Trinajstić information content (AvgIpc) is 2.39. The number of halogens is 3. The molecule has 0 heterocycles. The van der Waals surface area contributed by atoms with Gasteiger partial charge in [0, 0.05) is 11.1 Å². The van der Waals surface area contributed by atoms with Crippen LogP contribution in [0.3, 0.4) is 0 Å². The maximum Gasteiger partial charge on any atom is 0.534 e. The summed E-state index contributed by atoms with van der Waals surface area (Å²) in [4.78, 5) is 0. The Hall–Kier alpha value is -1.96. The van der Waals surface area contributed by atoms with Gasteiger partial charge >= 0.3 is 15.6 Å². The minimum Gasteiger partial charge on any atom is -0.398 e. The van der Waals surface area contributed by atoms with Gasteiger partial charge in [-0.05, 0) is 29.7 Å². The van der Waals surface area contributed by atoms with Crippen LogP contribution in [0.4, 0.5) is 18.9 Å². The molecule has 0 spiro atoms. The summed E-state index contributed by atoms with van der Waals surface area (Å²) >= 11 is 0. The van der Waals surface area contributed by atoms with E-state index in [-0.39, 0.29) is 0 Å². The van der Waals surface area contributed by atoms with Crippen LogP contribution in [0.15, 0.2) is 36.4 Å². The van der Waals surface area contributed by atoms with Gasteiger partial charge in [0.1, 0.15) is 5.75 Å². The molecule has 0 unspecified atom stereocenters. The normalized spacial score (nSPS) is 11.7. The molecule has 2 aromatic rings. The van der Waals surface area contributed by atoms with Crippen LogP contribution in [0.25, 0.3) is 10.8 Å². The van der Waals surface area contributed by atoms with Gasteiger partial charge in [-0.1, -0.05) is 26.0 Å². The van der Waals surface area contributed by atoms with Gasteiger partial charge in [-0.2, -0.15) is 21.6 Å². The lowest BCUT2D eigenvalue weighted by molar-refractivity contribution is -0.0500. The standard InChI is InChI=1S/C11H8F3NO3S.C2H6/c12-11(13,14)19(16,17)18-8-4-5-9-7(6-8)2-1-3-10(9)15;1-2/h1-6H,15H2;1-2H3. The van der Waals surface area contributed by atoms with Crippen molar-refractivity contribution in [1.29, 1.82) is 0 Å². The predicted molar refractivity (Wildman–Crippen MR) is 75.3 cm³/mol. The lowest BCUT2D eigenvalue weighted by atomic mass is 10.1. The summed E-state index contributed by atoms with van der Waals surface area (Å²) in [6, 6.07) is 8.48. The second-order valence-corrected chi connectivity index (χ2v) is 5.25. The smallest absolute Gasteiger partial charge is 0.398 e. The maximum absolute atomic E-state index is 12.2. The molecule has 0 aromatic heterocycles. The van der Waals surface area contributed by atoms with E-state index in [4.69, 9.17) is 5.73 Å². The molecule has 0 radical (unpaired) electrons. The molecular weight excluding hydrogens is 307 g/mol. The number of hydrogen-bond acceptors (Lipinski definition) is 4. The number of alkyl halides is 3. The van der Waals surface area contributed by atoms with E-state index in [0.717, 1.165) is 6.07 Å². The molecule has 0 bridgehead atoms. The van der Waals surface area contributed by atoms with Crippen molar-refractivity contribution in [1.82, 2.24) is 0 Å². The van der Waals surface area contributed by atoms with Crippen molar-refractivity contribution in [2.45, 2.75) is 19.4 Å². The molecule has 0 aliphatic carbocycles. The summed E-state index contributed by atoms with van der Waals surface area (Å²) < 4.78 is 62.2. The van der Waals surface area contributed by atoms with E-state index < -0.39 is 21.4 Å². The largest absolute Gasteiger partial charge is 0.534 e. The third kappa shape index (κ3) is 3.78. The van der Waals surface area contributed by atoms with Crippen LogP contribution in [-0.2, 0) is 10.1 Å². The van der Waals surface area contributed by atoms with Crippen LogP contribution in [0.5, 0.6) is 5.75 Å². The van der Waals surface area contributed by atoms with Crippen LogP contribution < -0.4 is 9.92 Å². The van der Waals surface area contributed by atoms with Crippen LogP contribution in [0, 0.1) is 0 Å². The minimum absolute atomic E-state index is 0.421. The highest BCUT2D eigenvalue weighted by molar-refractivity contribution is 7.88. The van der Waals surface area contributed by atoms with E-state index in [9.17, 15) is 21.6 Å². The molecule has 0 aliphatic rings. The molecule has 2 N–H and O–H groups in total. The van der Waals surface area contributed by atoms with Crippen molar-refractivity contribution in [3.05, 3.63) is 36.4 Å². The minimum atomic E-state index is -5.66. The molecule has 2 rings (SSSR count). The van der Waals surface area contributed by atoms with E-state index in [1.807, 2.05) is 13.8 Å². The van der Waals surface area contributed by atoms with Crippen molar-refractivity contribution in [2.24, 2.45) is 0 Å². The quantitative estimate of drug-likeness (QED) is 0.520. The first-order valence-corrected chi connectivity index (χ1v) is 7.40. The van der Waals surface area contributed by atoms with E-state index in [0.29, 0.717) is 16.5 Å². The zero-order valence-corrected chi connectivity index (χ0v) is 12.1. The number of nitrogen functional groups attached to an aromatic ring is 1. The second-order valence-electron chi connectivity index (χ2n) is 3.71. The Labute approximate surface area is 120 Å². The Morgan fingerprint density at radius 3 is 2.29 bits per heavy atom. The maximum atomic E-state index is 12.2. The molecule has 0 atom stereocenters. The van der Waals surface area contributed by atoms with Crippen molar-refractivity contribution in [3.63, 3.8) is 0 Å². The highest BCUT2D eigenvalue weighted by Gasteiger charge is 2.48. The van der Waals surface area contributed by atoms with Crippen LogP contribution in [-0.4, -0.2) is 13.9 Å². The molecule has 4 nitrogen and oxygen atoms in total. The van der Waals surface area contributed by atoms with Gasteiger partial charge in [0.15, 0.2) is 0 Å². The third-order valence-corrected chi connectivity index (χ3v) is 3.35. The first-order valence-electron chi connectivity index (χ1n) is 6.00. The van der Waals surface area contributed by atoms with Gasteiger partial charge in [0.25, 0.3) is 0 Å². The molecule has 8 heteroatoms. The van der Waals surface area contributed by atoms with Gasteiger partial charge < -0.3 is 9.92 Å². The van der Waals surface area contributed by atoms with Crippen molar-refractivity contribution in [2.75, 3.05) is 5.73 Å². The Kier molecular flexibility index (Phi) is 5.06. The van der Waals surface area contributed by atoms with E-state index >= 15 is 0 Å². The number of fused-ring (bicyclic) bond motifs is 1. The van der Waals surface area contributed by atoms with Crippen molar-refractivity contribution < 1.29 is 25.8 Å². The highest BCUT2D eigenvalue weighted by Crippen LogP contribution is 2.30. The number of hydrogen-bond donors (Lipinski definition) is 1. The molecule has 21 heavy (non-hydrogen) atoms. The van der Waals surface area contributed by atoms with Crippen LogP contribution >= 0.6 is 0 Å². The zero-order valence-electron chi connectivity index (χ0n) is 11.3. The summed E-state index contributed by atoms with van der Waals surface area (Å²) in [5.41, 5.74) is 0.636. The number of anilines is 1. The molecular formula is C13H14F3NO3S. The van der Waals surface area contributed by atoms with Crippen molar-refractivity contribution >= 4 is 26.6 Å². The topological polar surface area (TPSA) is 69.4 Å². The fourth-order valence-electron chi connectivity index (χ4n) is 1.51. The summed E-state index contributed by atoms with van der Waals surface area (Å²) in [5.74, 6) is -0.421. The van der Waals surface area contributed by atoms with Gasteiger partial charge in [-0.15, -0.1) is 0 Å². The fourth-order valence-corrected chi connectivity index (χ4v) is 1.96. The molecule has 2 aromatic carbocycles. The Balaban J connectivity index is 0.00000106. The summed E-state index contributed by atoms with van der Waals surface area (Å²) in [7, 11) is -5.66. The molecule has 0 fully saturated rings. The number of benzene rings is 2. The fraction of sp³-hybridized carbons (Fsp3) is 0.231. The van der Waals surface area contributed by atoms with E-state index in [1.165, 1.54) is 12.1 Å². The van der Waals surface area contributed by atoms with Gasteiger partial charge in [-0.3, -0.25) is 0 Å². The summed E-state index contributed by atoms with van der Waals surface area (Å²) in [6.07, 6.45) is 0. The lowest BCUT2D eigenvalue weighted by Crippen LogP contribution is -2.28. The SMILES string of the molecule is CC.Nc1cccc2cc(OS(=O)(=O)C(F)(F)F)ccc12. The Morgan fingerprint density at radius 1 is 1.10 bits per heavy atom. The average molecular weight is 321 g/mol. The van der Waals surface area contributed by atoms with Crippen LogP contribution in [0.2, 0.25) is 0 Å².